The van der Waals surface area contributed by atoms with Crippen molar-refractivity contribution in [3.63, 3.8) is 0 Å². The van der Waals surface area contributed by atoms with Crippen molar-refractivity contribution < 1.29 is 13.2 Å². The number of hydrogen-bond acceptors (Lipinski definition) is 4. The second kappa shape index (κ2) is 6.93. The van der Waals surface area contributed by atoms with E-state index in [1.54, 1.807) is 42.5 Å². The molecule has 1 atom stereocenters. The molecule has 1 amide bonds. The Bertz CT molecular complexity index is 740. The van der Waals surface area contributed by atoms with Crippen LogP contribution in [0.2, 0.25) is 0 Å². The van der Waals surface area contributed by atoms with Gasteiger partial charge < -0.3 is 5.32 Å². The molecule has 0 aliphatic carbocycles. The molecule has 0 bridgehead atoms. The first-order valence-corrected chi connectivity index (χ1v) is 9.40. The standard InChI is InChI=1S/C15H18N2O3S2/c1-3-22(19,20)17-13-8-5-4-7-12(13)15(18)16-11(2)14-9-6-10-21-14/h4-11,17H,3H2,1-2H3,(H,16,18)/t11-/m0/s1. The van der Waals surface area contributed by atoms with E-state index in [1.165, 1.54) is 0 Å². The molecule has 2 N–H and O–H groups in total. The minimum atomic E-state index is -3.43. The summed E-state index contributed by atoms with van der Waals surface area (Å²) in [7, 11) is -3.43. The SMILES string of the molecule is CCS(=O)(=O)Nc1ccccc1C(=O)N[C@@H](C)c1cccs1. The van der Waals surface area contributed by atoms with Crippen molar-refractivity contribution in [3.05, 3.63) is 52.2 Å². The Morgan fingerprint density at radius 3 is 2.59 bits per heavy atom. The average molecular weight is 338 g/mol. The zero-order valence-corrected chi connectivity index (χ0v) is 14.0. The predicted molar refractivity (Wildman–Crippen MR) is 89.7 cm³/mol. The summed E-state index contributed by atoms with van der Waals surface area (Å²) in [4.78, 5) is 13.4. The minimum absolute atomic E-state index is 0.0471. The molecule has 0 unspecified atom stereocenters. The summed E-state index contributed by atoms with van der Waals surface area (Å²) in [6, 6.07) is 10.3. The maximum Gasteiger partial charge on any atom is 0.253 e. The van der Waals surface area contributed by atoms with E-state index >= 15 is 0 Å². The van der Waals surface area contributed by atoms with Gasteiger partial charge in [-0.1, -0.05) is 18.2 Å². The summed E-state index contributed by atoms with van der Waals surface area (Å²) < 4.78 is 25.9. The van der Waals surface area contributed by atoms with Gasteiger partial charge in [0.2, 0.25) is 10.0 Å². The molecule has 0 aliphatic heterocycles. The molecule has 2 rings (SSSR count). The van der Waals surface area contributed by atoms with E-state index in [1.807, 2.05) is 24.4 Å². The van der Waals surface area contributed by atoms with E-state index < -0.39 is 10.0 Å². The number of anilines is 1. The molecule has 0 radical (unpaired) electrons. The molecule has 22 heavy (non-hydrogen) atoms. The number of nitrogens with one attached hydrogen (secondary N) is 2. The summed E-state index contributed by atoms with van der Waals surface area (Å²) in [5.74, 6) is -0.357. The van der Waals surface area contributed by atoms with E-state index in [0.717, 1.165) is 4.88 Å². The quantitative estimate of drug-likeness (QED) is 0.850. The van der Waals surface area contributed by atoms with Gasteiger partial charge >= 0.3 is 0 Å². The van der Waals surface area contributed by atoms with Crippen LogP contribution in [0.3, 0.4) is 0 Å². The van der Waals surface area contributed by atoms with E-state index in [4.69, 9.17) is 0 Å². The third kappa shape index (κ3) is 4.08. The number of sulfonamides is 1. The van der Waals surface area contributed by atoms with Gasteiger partial charge in [-0.3, -0.25) is 9.52 Å². The second-order valence-corrected chi connectivity index (χ2v) is 7.75. The van der Waals surface area contributed by atoms with Crippen LogP contribution in [-0.2, 0) is 10.0 Å². The molecule has 1 aromatic heterocycles. The molecule has 0 spiro atoms. The van der Waals surface area contributed by atoms with E-state index in [9.17, 15) is 13.2 Å². The topological polar surface area (TPSA) is 75.3 Å². The van der Waals surface area contributed by atoms with Gasteiger partial charge in [-0.05, 0) is 37.4 Å². The molecule has 7 heteroatoms. The summed E-state index contributed by atoms with van der Waals surface area (Å²) in [5, 5.41) is 4.83. The van der Waals surface area contributed by atoms with Crippen LogP contribution in [0, 0.1) is 0 Å². The fourth-order valence-corrected chi connectivity index (χ4v) is 3.28. The average Bonchev–Trinajstić information content (AvgIpc) is 3.01. The molecule has 0 fully saturated rings. The van der Waals surface area contributed by atoms with Gasteiger partial charge in [0.25, 0.3) is 5.91 Å². The fraction of sp³-hybridized carbons (Fsp3) is 0.267. The molecule has 118 valence electrons. The molecular formula is C15H18N2O3S2. The van der Waals surface area contributed by atoms with Crippen LogP contribution in [-0.4, -0.2) is 20.1 Å². The van der Waals surface area contributed by atoms with E-state index in [2.05, 4.69) is 10.0 Å². The summed E-state index contributed by atoms with van der Waals surface area (Å²) in [5.41, 5.74) is 0.600. The van der Waals surface area contributed by atoms with Gasteiger partial charge in [-0.15, -0.1) is 11.3 Å². The van der Waals surface area contributed by atoms with Crippen molar-refractivity contribution in [1.29, 1.82) is 0 Å². The zero-order chi connectivity index (χ0) is 16.2. The van der Waals surface area contributed by atoms with Gasteiger partial charge in [-0.2, -0.15) is 0 Å². The van der Waals surface area contributed by atoms with Gasteiger partial charge in [-0.25, -0.2) is 8.42 Å². The molecular weight excluding hydrogens is 320 g/mol. The monoisotopic (exact) mass is 338 g/mol. The highest BCUT2D eigenvalue weighted by Gasteiger charge is 2.17. The molecule has 0 saturated heterocycles. The highest BCUT2D eigenvalue weighted by atomic mass is 32.2. The first kappa shape index (κ1) is 16.5. The normalized spacial score (nSPS) is 12.6. The highest BCUT2D eigenvalue weighted by molar-refractivity contribution is 7.92. The summed E-state index contributed by atoms with van der Waals surface area (Å²) >= 11 is 1.56. The smallest absolute Gasteiger partial charge is 0.253 e. The Labute approximate surface area is 134 Å². The van der Waals surface area contributed by atoms with Crippen LogP contribution in [0.15, 0.2) is 41.8 Å². The number of thiophene rings is 1. The number of carbonyl (C=O) groups excluding carboxylic acids is 1. The number of para-hydroxylation sites is 1. The largest absolute Gasteiger partial charge is 0.345 e. The lowest BCUT2D eigenvalue weighted by molar-refractivity contribution is 0.0941. The number of carbonyl (C=O) groups is 1. The molecule has 1 heterocycles. The van der Waals surface area contributed by atoms with Crippen LogP contribution < -0.4 is 10.0 Å². The van der Waals surface area contributed by atoms with Crippen molar-refractivity contribution in [1.82, 2.24) is 5.32 Å². The van der Waals surface area contributed by atoms with Gasteiger partial charge in [0.15, 0.2) is 0 Å². The summed E-state index contributed by atoms with van der Waals surface area (Å²) in [6.45, 7) is 3.44. The molecule has 1 aromatic carbocycles. The summed E-state index contributed by atoms with van der Waals surface area (Å²) in [6.07, 6.45) is 0. The van der Waals surface area contributed by atoms with Crippen LogP contribution in [0.5, 0.6) is 0 Å². The van der Waals surface area contributed by atoms with Crippen LogP contribution in [0.1, 0.15) is 35.1 Å². The number of hydrogen-bond donors (Lipinski definition) is 2. The van der Waals surface area contributed by atoms with Crippen LogP contribution in [0.4, 0.5) is 5.69 Å². The first-order chi connectivity index (χ1) is 10.4. The lowest BCUT2D eigenvalue weighted by atomic mass is 10.1. The van der Waals surface area contributed by atoms with Crippen molar-refractivity contribution in [2.75, 3.05) is 10.5 Å². The van der Waals surface area contributed by atoms with Crippen molar-refractivity contribution in [2.24, 2.45) is 0 Å². The number of rotatable bonds is 6. The number of amides is 1. The van der Waals surface area contributed by atoms with Crippen molar-refractivity contribution >= 4 is 33.0 Å². The van der Waals surface area contributed by atoms with E-state index in [-0.39, 0.29) is 17.7 Å². The number of benzene rings is 1. The fourth-order valence-electron chi connectivity index (χ4n) is 1.89. The van der Waals surface area contributed by atoms with Gasteiger partial charge in [0, 0.05) is 4.88 Å². The highest BCUT2D eigenvalue weighted by Crippen LogP contribution is 2.21. The Morgan fingerprint density at radius 1 is 1.23 bits per heavy atom. The molecule has 5 nitrogen and oxygen atoms in total. The second-order valence-electron chi connectivity index (χ2n) is 4.76. The predicted octanol–water partition coefficient (Wildman–Crippen LogP) is 3.00. The van der Waals surface area contributed by atoms with Crippen molar-refractivity contribution in [2.45, 2.75) is 19.9 Å². The Balaban J connectivity index is 2.19. The Morgan fingerprint density at radius 2 is 1.95 bits per heavy atom. The molecule has 2 aromatic rings. The van der Waals surface area contributed by atoms with E-state index in [0.29, 0.717) is 11.3 Å². The van der Waals surface area contributed by atoms with Gasteiger partial charge in [0.05, 0.1) is 23.0 Å². The third-order valence-corrected chi connectivity index (χ3v) is 5.48. The van der Waals surface area contributed by atoms with Crippen LogP contribution in [0.25, 0.3) is 0 Å². The Kier molecular flexibility index (Phi) is 5.20. The van der Waals surface area contributed by atoms with Crippen LogP contribution >= 0.6 is 11.3 Å². The zero-order valence-electron chi connectivity index (χ0n) is 12.4. The minimum Gasteiger partial charge on any atom is -0.345 e. The maximum atomic E-state index is 12.4. The first-order valence-electron chi connectivity index (χ1n) is 6.86. The third-order valence-electron chi connectivity index (χ3n) is 3.13. The maximum absolute atomic E-state index is 12.4. The van der Waals surface area contributed by atoms with Crippen molar-refractivity contribution in [3.8, 4) is 0 Å². The molecule has 0 aliphatic rings. The molecule has 0 saturated carbocycles. The lowest BCUT2D eigenvalue weighted by Crippen LogP contribution is -2.27. The lowest BCUT2D eigenvalue weighted by Gasteiger charge is -2.15. The van der Waals surface area contributed by atoms with Gasteiger partial charge in [0.1, 0.15) is 0 Å². The Hall–Kier alpha value is -1.86.